The molecule has 0 atom stereocenters. The second-order valence-corrected chi connectivity index (χ2v) is 4.61. The van der Waals surface area contributed by atoms with Crippen molar-refractivity contribution >= 4 is 23.3 Å². The molecule has 0 aliphatic heterocycles. The summed E-state index contributed by atoms with van der Waals surface area (Å²) in [7, 11) is 1.78. The van der Waals surface area contributed by atoms with Crippen LogP contribution in [0.25, 0.3) is 0 Å². The summed E-state index contributed by atoms with van der Waals surface area (Å²) in [6, 6.07) is 1.71. The number of pyridine rings is 1. The third-order valence-corrected chi connectivity index (χ3v) is 2.85. The summed E-state index contributed by atoms with van der Waals surface area (Å²) in [5.41, 5.74) is 0.501. The number of nitrogens with zero attached hydrogens (tertiary/aromatic N) is 2. The molecule has 0 aromatic carbocycles. The Bertz CT molecular complexity index is 409. The number of carbonyl (C=O) groups is 1. The predicted molar refractivity (Wildman–Crippen MR) is 75.3 cm³/mol. The Morgan fingerprint density at radius 1 is 1.44 bits per heavy atom. The van der Waals surface area contributed by atoms with E-state index in [1.54, 1.807) is 18.0 Å². The molecule has 5 heteroatoms. The second kappa shape index (κ2) is 7.21. The minimum Gasteiger partial charge on any atom is -0.370 e. The highest BCUT2D eigenvalue weighted by atomic mass is 35.5. The molecule has 0 aliphatic rings. The minimum atomic E-state index is -0.0659. The molecule has 1 N–H and O–H groups in total. The van der Waals surface area contributed by atoms with Crippen LogP contribution in [0.1, 0.15) is 37.0 Å². The monoisotopic (exact) mass is 269 g/mol. The quantitative estimate of drug-likeness (QED) is 0.863. The van der Waals surface area contributed by atoms with Crippen molar-refractivity contribution in [1.82, 2.24) is 9.88 Å². The minimum absolute atomic E-state index is 0.0659. The fourth-order valence-corrected chi connectivity index (χ4v) is 1.78. The van der Waals surface area contributed by atoms with Crippen molar-refractivity contribution in [1.29, 1.82) is 0 Å². The van der Waals surface area contributed by atoms with Crippen LogP contribution in [0.3, 0.4) is 0 Å². The number of rotatable bonds is 6. The van der Waals surface area contributed by atoms with Gasteiger partial charge in [-0.1, -0.05) is 25.4 Å². The van der Waals surface area contributed by atoms with Gasteiger partial charge < -0.3 is 10.2 Å². The summed E-state index contributed by atoms with van der Waals surface area (Å²) in [5, 5.41) is 3.54. The van der Waals surface area contributed by atoms with Crippen LogP contribution in [-0.2, 0) is 0 Å². The van der Waals surface area contributed by atoms with Crippen LogP contribution in [0.5, 0.6) is 0 Å². The van der Waals surface area contributed by atoms with E-state index in [0.717, 1.165) is 25.9 Å². The van der Waals surface area contributed by atoms with Crippen molar-refractivity contribution in [3.63, 3.8) is 0 Å². The lowest BCUT2D eigenvalue weighted by Gasteiger charge is -2.17. The van der Waals surface area contributed by atoms with E-state index in [4.69, 9.17) is 11.6 Å². The highest BCUT2D eigenvalue weighted by Gasteiger charge is 2.15. The fraction of sp³-hybridized carbons (Fsp3) is 0.538. The third-order valence-electron chi connectivity index (χ3n) is 2.55. The Balaban J connectivity index is 2.89. The van der Waals surface area contributed by atoms with E-state index >= 15 is 0 Å². The first-order valence-electron chi connectivity index (χ1n) is 6.25. The topological polar surface area (TPSA) is 45.2 Å². The Morgan fingerprint density at radius 2 is 2.17 bits per heavy atom. The Kier molecular flexibility index (Phi) is 5.92. The van der Waals surface area contributed by atoms with Gasteiger partial charge in [-0.2, -0.15) is 0 Å². The molecule has 0 bridgehead atoms. The molecule has 1 aromatic heterocycles. The van der Waals surface area contributed by atoms with Gasteiger partial charge in [-0.25, -0.2) is 4.98 Å². The average Bonchev–Trinajstić information content (AvgIpc) is 2.37. The maximum atomic E-state index is 12.2. The Labute approximate surface area is 113 Å². The lowest BCUT2D eigenvalue weighted by Crippen LogP contribution is -2.27. The van der Waals surface area contributed by atoms with Crippen molar-refractivity contribution in [3.8, 4) is 0 Å². The lowest BCUT2D eigenvalue weighted by atomic mass is 10.2. The average molecular weight is 270 g/mol. The SMILES string of the molecule is CCCNc1cc(C(=O)N(C)CCC)c(Cl)cn1. The van der Waals surface area contributed by atoms with E-state index < -0.39 is 0 Å². The number of hydrogen-bond donors (Lipinski definition) is 1. The molecule has 0 radical (unpaired) electrons. The molecule has 1 aromatic rings. The normalized spacial score (nSPS) is 10.2. The van der Waals surface area contributed by atoms with Gasteiger partial charge in [0, 0.05) is 26.3 Å². The van der Waals surface area contributed by atoms with Gasteiger partial charge in [0.1, 0.15) is 5.82 Å². The lowest BCUT2D eigenvalue weighted by molar-refractivity contribution is 0.0795. The van der Waals surface area contributed by atoms with Gasteiger partial charge in [0.15, 0.2) is 0 Å². The molecule has 18 heavy (non-hydrogen) atoms. The molecule has 0 fully saturated rings. The smallest absolute Gasteiger partial charge is 0.255 e. The maximum absolute atomic E-state index is 12.2. The van der Waals surface area contributed by atoms with Crippen LogP contribution >= 0.6 is 11.6 Å². The van der Waals surface area contributed by atoms with Gasteiger partial charge in [0.05, 0.1) is 10.6 Å². The van der Waals surface area contributed by atoms with Gasteiger partial charge in [0.2, 0.25) is 0 Å². The van der Waals surface area contributed by atoms with E-state index in [1.165, 1.54) is 6.20 Å². The molecule has 1 heterocycles. The van der Waals surface area contributed by atoms with Crippen molar-refractivity contribution in [2.24, 2.45) is 0 Å². The van der Waals surface area contributed by atoms with Gasteiger partial charge >= 0.3 is 0 Å². The largest absolute Gasteiger partial charge is 0.370 e. The van der Waals surface area contributed by atoms with Gasteiger partial charge in [-0.05, 0) is 18.9 Å². The number of nitrogens with one attached hydrogen (secondary N) is 1. The van der Waals surface area contributed by atoms with Crippen LogP contribution in [-0.4, -0.2) is 35.9 Å². The molecule has 1 rings (SSSR count). The molecule has 4 nitrogen and oxygen atoms in total. The van der Waals surface area contributed by atoms with Crippen LogP contribution in [0.2, 0.25) is 5.02 Å². The third kappa shape index (κ3) is 3.88. The number of carbonyl (C=O) groups excluding carboxylic acids is 1. The summed E-state index contributed by atoms with van der Waals surface area (Å²) in [6.07, 6.45) is 3.45. The zero-order valence-electron chi connectivity index (χ0n) is 11.2. The molecule has 0 saturated carbocycles. The molecular weight excluding hydrogens is 250 g/mol. The number of hydrogen-bond acceptors (Lipinski definition) is 3. The van der Waals surface area contributed by atoms with Crippen molar-refractivity contribution in [2.45, 2.75) is 26.7 Å². The van der Waals surface area contributed by atoms with Crippen LogP contribution in [0.4, 0.5) is 5.82 Å². The first-order valence-corrected chi connectivity index (χ1v) is 6.62. The number of anilines is 1. The van der Waals surface area contributed by atoms with Crippen LogP contribution < -0.4 is 5.32 Å². The maximum Gasteiger partial charge on any atom is 0.255 e. The Hall–Kier alpha value is -1.29. The molecule has 0 saturated heterocycles. The molecule has 0 aliphatic carbocycles. The zero-order valence-corrected chi connectivity index (χ0v) is 11.9. The van der Waals surface area contributed by atoms with Gasteiger partial charge in [-0.3, -0.25) is 4.79 Å². The molecule has 100 valence electrons. The van der Waals surface area contributed by atoms with E-state index in [-0.39, 0.29) is 5.91 Å². The predicted octanol–water partition coefficient (Wildman–Crippen LogP) is 3.04. The fourth-order valence-electron chi connectivity index (χ4n) is 1.59. The number of aromatic nitrogens is 1. The molecule has 0 unspecified atom stereocenters. The van der Waals surface area contributed by atoms with E-state index in [2.05, 4.69) is 17.2 Å². The summed E-state index contributed by atoms with van der Waals surface area (Å²) in [5.74, 6) is 0.623. The highest BCUT2D eigenvalue weighted by Crippen LogP contribution is 2.19. The first-order chi connectivity index (χ1) is 8.60. The highest BCUT2D eigenvalue weighted by molar-refractivity contribution is 6.33. The molecule has 1 amide bonds. The van der Waals surface area contributed by atoms with Gasteiger partial charge in [-0.15, -0.1) is 0 Å². The summed E-state index contributed by atoms with van der Waals surface area (Å²) >= 11 is 6.03. The van der Waals surface area contributed by atoms with Crippen molar-refractivity contribution in [2.75, 3.05) is 25.5 Å². The summed E-state index contributed by atoms with van der Waals surface area (Å²) in [6.45, 7) is 5.65. The van der Waals surface area contributed by atoms with Crippen LogP contribution in [0, 0.1) is 0 Å². The first kappa shape index (κ1) is 14.8. The van der Waals surface area contributed by atoms with E-state index in [1.807, 2.05) is 6.92 Å². The second-order valence-electron chi connectivity index (χ2n) is 4.20. The van der Waals surface area contributed by atoms with Gasteiger partial charge in [0.25, 0.3) is 5.91 Å². The zero-order chi connectivity index (χ0) is 13.5. The summed E-state index contributed by atoms with van der Waals surface area (Å²) in [4.78, 5) is 18.0. The van der Waals surface area contributed by atoms with E-state index in [9.17, 15) is 4.79 Å². The molecular formula is C13H20ClN3O. The number of halogens is 1. The van der Waals surface area contributed by atoms with Crippen molar-refractivity contribution < 1.29 is 4.79 Å². The molecule has 0 spiro atoms. The van der Waals surface area contributed by atoms with E-state index in [0.29, 0.717) is 16.4 Å². The summed E-state index contributed by atoms with van der Waals surface area (Å²) < 4.78 is 0. The standard InChI is InChI=1S/C13H20ClN3O/c1-4-6-15-12-8-10(11(14)9-16-12)13(18)17(3)7-5-2/h8-9H,4-7H2,1-3H3,(H,15,16). The van der Waals surface area contributed by atoms with Crippen LogP contribution in [0.15, 0.2) is 12.3 Å². The Morgan fingerprint density at radius 3 is 2.78 bits per heavy atom. The van der Waals surface area contributed by atoms with Crippen molar-refractivity contribution in [3.05, 3.63) is 22.8 Å². The number of amides is 1.